The number of nitro groups is 1. The number of benzene rings is 2. The zero-order valence-corrected chi connectivity index (χ0v) is 17.0. The minimum Gasteiger partial charge on any atom is -0.320 e. The SMILES string of the molecule is Cc1ccc(C)c(N=C2NC(=O)[C@H](CC(=O)Nc3ccc(C)cc3[N+](=O)[O-])S2)c1. The van der Waals surface area contributed by atoms with Gasteiger partial charge in [-0.2, -0.15) is 0 Å². The molecule has 0 unspecified atom stereocenters. The fourth-order valence-electron chi connectivity index (χ4n) is 2.81. The molecule has 2 N–H and O–H groups in total. The van der Waals surface area contributed by atoms with E-state index in [0.717, 1.165) is 16.8 Å². The molecule has 1 fully saturated rings. The van der Waals surface area contributed by atoms with Gasteiger partial charge in [-0.05, 0) is 49.6 Å². The summed E-state index contributed by atoms with van der Waals surface area (Å²) in [7, 11) is 0. The Labute approximate surface area is 171 Å². The summed E-state index contributed by atoms with van der Waals surface area (Å²) >= 11 is 1.17. The highest BCUT2D eigenvalue weighted by molar-refractivity contribution is 8.15. The van der Waals surface area contributed by atoms with E-state index in [2.05, 4.69) is 15.6 Å². The first-order valence-corrected chi connectivity index (χ1v) is 9.79. The van der Waals surface area contributed by atoms with Crippen molar-refractivity contribution in [2.75, 3.05) is 5.32 Å². The summed E-state index contributed by atoms with van der Waals surface area (Å²) in [5, 5.41) is 16.2. The number of aryl methyl sites for hydroxylation is 3. The van der Waals surface area contributed by atoms with Gasteiger partial charge in [-0.3, -0.25) is 19.7 Å². The van der Waals surface area contributed by atoms with E-state index >= 15 is 0 Å². The summed E-state index contributed by atoms with van der Waals surface area (Å²) in [4.78, 5) is 39.7. The monoisotopic (exact) mass is 412 g/mol. The van der Waals surface area contributed by atoms with E-state index in [1.807, 2.05) is 32.0 Å². The van der Waals surface area contributed by atoms with E-state index in [1.165, 1.54) is 23.9 Å². The molecule has 0 bridgehead atoms. The normalized spacial score (nSPS) is 17.3. The molecular formula is C20H20N4O4S. The van der Waals surface area contributed by atoms with Crippen molar-refractivity contribution in [1.82, 2.24) is 5.32 Å². The summed E-state index contributed by atoms with van der Waals surface area (Å²) < 4.78 is 0. The van der Waals surface area contributed by atoms with Crippen LogP contribution in [0.5, 0.6) is 0 Å². The summed E-state index contributed by atoms with van der Waals surface area (Å²) in [5.74, 6) is -0.787. The van der Waals surface area contributed by atoms with Crippen molar-refractivity contribution in [2.45, 2.75) is 32.4 Å². The quantitative estimate of drug-likeness (QED) is 0.573. The number of nitro benzene ring substituents is 1. The Morgan fingerprint density at radius 2 is 1.90 bits per heavy atom. The predicted molar refractivity (Wildman–Crippen MR) is 114 cm³/mol. The molecule has 0 aromatic heterocycles. The van der Waals surface area contributed by atoms with Gasteiger partial charge >= 0.3 is 0 Å². The number of hydrogen-bond donors (Lipinski definition) is 2. The molecular weight excluding hydrogens is 392 g/mol. The van der Waals surface area contributed by atoms with E-state index in [1.54, 1.807) is 13.0 Å². The van der Waals surface area contributed by atoms with Crippen LogP contribution in [0.1, 0.15) is 23.1 Å². The second kappa shape index (κ2) is 8.44. The first kappa shape index (κ1) is 20.5. The second-order valence-corrected chi connectivity index (χ2v) is 8.02. The van der Waals surface area contributed by atoms with E-state index in [-0.39, 0.29) is 23.7 Å². The molecule has 8 nitrogen and oxygen atoms in total. The maximum Gasteiger partial charge on any atom is 0.293 e. The van der Waals surface area contributed by atoms with Gasteiger partial charge in [-0.1, -0.05) is 30.0 Å². The third-order valence-corrected chi connectivity index (χ3v) is 5.44. The largest absolute Gasteiger partial charge is 0.320 e. The standard InChI is InChI=1S/C20H20N4O4S/c1-11-4-6-13(3)15(8-11)22-20-23-19(26)17(29-20)10-18(25)21-14-7-5-12(2)9-16(14)24(27)28/h4-9,17H,10H2,1-3H3,(H,21,25)(H,22,23,26)/t17-/m0/s1. The fraction of sp³-hybridized carbons (Fsp3) is 0.250. The Kier molecular flexibility index (Phi) is 5.97. The number of anilines is 1. The maximum absolute atomic E-state index is 12.4. The average Bonchev–Trinajstić information content (AvgIpc) is 2.98. The van der Waals surface area contributed by atoms with Crippen molar-refractivity contribution >= 4 is 45.8 Å². The van der Waals surface area contributed by atoms with E-state index < -0.39 is 16.1 Å². The Bertz CT molecular complexity index is 1040. The third-order valence-electron chi connectivity index (χ3n) is 4.36. The highest BCUT2D eigenvalue weighted by atomic mass is 32.2. The van der Waals surface area contributed by atoms with Crippen molar-refractivity contribution in [3.8, 4) is 0 Å². The Hall–Kier alpha value is -3.20. The summed E-state index contributed by atoms with van der Waals surface area (Å²) in [6.45, 7) is 5.62. The number of nitrogens with one attached hydrogen (secondary N) is 2. The summed E-state index contributed by atoms with van der Waals surface area (Å²) in [5.41, 5.74) is 3.43. The second-order valence-electron chi connectivity index (χ2n) is 6.83. The van der Waals surface area contributed by atoms with Crippen LogP contribution in [0.4, 0.5) is 17.1 Å². The Balaban J connectivity index is 1.69. The zero-order valence-electron chi connectivity index (χ0n) is 16.2. The smallest absolute Gasteiger partial charge is 0.293 e. The summed E-state index contributed by atoms with van der Waals surface area (Å²) in [6, 6.07) is 10.4. The van der Waals surface area contributed by atoms with Gasteiger partial charge in [0.25, 0.3) is 5.69 Å². The minimum atomic E-state index is -0.650. The molecule has 0 spiro atoms. The van der Waals surface area contributed by atoms with Crippen LogP contribution in [0, 0.1) is 30.9 Å². The predicted octanol–water partition coefficient (Wildman–Crippen LogP) is 3.77. The molecule has 0 aliphatic carbocycles. The number of aliphatic imine (C=N–C) groups is 1. The van der Waals surface area contributed by atoms with Crippen molar-refractivity contribution in [3.63, 3.8) is 0 Å². The topological polar surface area (TPSA) is 114 Å². The highest BCUT2D eigenvalue weighted by Crippen LogP contribution is 2.29. The number of rotatable bonds is 5. The molecule has 2 aromatic carbocycles. The van der Waals surface area contributed by atoms with Crippen LogP contribution in [0.15, 0.2) is 41.4 Å². The molecule has 2 amide bonds. The van der Waals surface area contributed by atoms with Crippen molar-refractivity contribution in [3.05, 3.63) is 63.2 Å². The number of hydrogen-bond acceptors (Lipinski definition) is 6. The molecule has 1 aliphatic rings. The lowest BCUT2D eigenvalue weighted by atomic mass is 10.1. The Morgan fingerprint density at radius 1 is 1.21 bits per heavy atom. The molecule has 0 saturated carbocycles. The molecule has 1 atom stereocenters. The molecule has 1 heterocycles. The number of nitrogens with zero attached hydrogens (tertiary/aromatic N) is 2. The average molecular weight is 412 g/mol. The third kappa shape index (κ3) is 5.00. The van der Waals surface area contributed by atoms with Crippen LogP contribution in [-0.2, 0) is 9.59 Å². The van der Waals surface area contributed by atoms with Crippen LogP contribution >= 0.6 is 11.8 Å². The number of amides is 2. The van der Waals surface area contributed by atoms with Gasteiger partial charge in [0.15, 0.2) is 5.17 Å². The van der Waals surface area contributed by atoms with Gasteiger partial charge in [-0.15, -0.1) is 0 Å². The number of amidine groups is 1. The van der Waals surface area contributed by atoms with Gasteiger partial charge in [0.05, 0.1) is 10.6 Å². The lowest BCUT2D eigenvalue weighted by Gasteiger charge is -2.08. The Morgan fingerprint density at radius 3 is 2.62 bits per heavy atom. The van der Waals surface area contributed by atoms with Gasteiger partial charge in [0, 0.05) is 12.5 Å². The number of carbonyl (C=O) groups excluding carboxylic acids is 2. The first-order valence-electron chi connectivity index (χ1n) is 8.91. The van der Waals surface area contributed by atoms with Gasteiger partial charge in [0.2, 0.25) is 11.8 Å². The lowest BCUT2D eigenvalue weighted by Crippen LogP contribution is -2.28. The van der Waals surface area contributed by atoms with Crippen LogP contribution in [0.2, 0.25) is 0 Å². The fourth-order valence-corrected chi connectivity index (χ4v) is 3.79. The minimum absolute atomic E-state index is 0.110. The number of carbonyl (C=O) groups is 2. The van der Waals surface area contributed by atoms with E-state index in [4.69, 9.17) is 0 Å². The molecule has 1 aliphatic heterocycles. The van der Waals surface area contributed by atoms with Gasteiger partial charge in [-0.25, -0.2) is 4.99 Å². The van der Waals surface area contributed by atoms with Crippen LogP contribution < -0.4 is 10.6 Å². The highest BCUT2D eigenvalue weighted by Gasteiger charge is 2.32. The van der Waals surface area contributed by atoms with Crippen LogP contribution in [0.3, 0.4) is 0 Å². The van der Waals surface area contributed by atoms with Crippen molar-refractivity contribution in [2.24, 2.45) is 4.99 Å². The molecule has 150 valence electrons. The molecule has 9 heteroatoms. The van der Waals surface area contributed by atoms with Crippen LogP contribution in [0.25, 0.3) is 0 Å². The van der Waals surface area contributed by atoms with Crippen molar-refractivity contribution < 1.29 is 14.5 Å². The lowest BCUT2D eigenvalue weighted by molar-refractivity contribution is -0.384. The molecule has 2 aromatic rings. The zero-order chi connectivity index (χ0) is 21.1. The maximum atomic E-state index is 12.4. The van der Waals surface area contributed by atoms with E-state index in [9.17, 15) is 19.7 Å². The molecule has 0 radical (unpaired) electrons. The van der Waals surface area contributed by atoms with Gasteiger partial charge in [0.1, 0.15) is 10.9 Å². The molecule has 29 heavy (non-hydrogen) atoms. The van der Waals surface area contributed by atoms with Crippen LogP contribution in [-0.4, -0.2) is 27.2 Å². The van der Waals surface area contributed by atoms with E-state index in [0.29, 0.717) is 10.7 Å². The van der Waals surface area contributed by atoms with Gasteiger partial charge < -0.3 is 10.6 Å². The first-order chi connectivity index (χ1) is 13.7. The summed E-state index contributed by atoms with van der Waals surface area (Å²) in [6.07, 6.45) is -0.118. The molecule has 3 rings (SSSR count). The van der Waals surface area contributed by atoms with Crippen molar-refractivity contribution in [1.29, 1.82) is 0 Å². The molecule has 1 saturated heterocycles. The number of thioether (sulfide) groups is 1.